The maximum atomic E-state index is 6.74. The zero-order valence-corrected chi connectivity index (χ0v) is 26.0. The minimum atomic E-state index is 0.00444. The minimum Gasteiger partial charge on any atom is -0.494 e. The summed E-state index contributed by atoms with van der Waals surface area (Å²) in [5, 5.41) is 1.33. The minimum absolute atomic E-state index is 0.00444. The van der Waals surface area contributed by atoms with Gasteiger partial charge in [-0.2, -0.15) is 0 Å². The van der Waals surface area contributed by atoms with E-state index in [-0.39, 0.29) is 17.5 Å². The molecule has 0 N–H and O–H groups in total. The van der Waals surface area contributed by atoms with Crippen molar-refractivity contribution in [1.29, 1.82) is 0 Å². The van der Waals surface area contributed by atoms with Crippen LogP contribution >= 0.6 is 23.4 Å². The number of thioether (sulfide) groups is 1. The molecule has 2 aromatic carbocycles. The van der Waals surface area contributed by atoms with Gasteiger partial charge in [-0.25, -0.2) is 0 Å². The Labute approximate surface area is 246 Å². The average Bonchev–Trinajstić information content (AvgIpc) is 2.94. The second kappa shape index (κ2) is 18.2. The Morgan fingerprint density at radius 3 is 2.23 bits per heavy atom. The Balaban J connectivity index is 1.85. The van der Waals surface area contributed by atoms with Crippen molar-refractivity contribution in [3.8, 4) is 5.75 Å². The zero-order valence-electron chi connectivity index (χ0n) is 24.5. The first kappa shape index (κ1) is 32.3. The number of halogens is 1. The van der Waals surface area contributed by atoms with E-state index >= 15 is 0 Å². The number of ether oxygens (including phenoxy) is 4. The lowest BCUT2D eigenvalue weighted by molar-refractivity contribution is -0.0841. The number of hydrogen-bond donors (Lipinski definition) is 0. The highest BCUT2D eigenvalue weighted by molar-refractivity contribution is 8.00. The average molecular weight is 577 g/mol. The van der Waals surface area contributed by atoms with Crippen molar-refractivity contribution in [2.24, 2.45) is 0 Å². The number of unbranched alkanes of at least 4 members (excludes halogenated alkanes) is 3. The van der Waals surface area contributed by atoms with Crippen LogP contribution in [-0.2, 0) is 20.6 Å². The fraction of sp³-hybridized carbons (Fsp3) is 0.636. The quantitative estimate of drug-likeness (QED) is 0.165. The predicted octanol–water partition coefficient (Wildman–Crippen LogP) is 9.06. The smallest absolute Gasteiger partial charge is 0.119 e. The van der Waals surface area contributed by atoms with E-state index in [1.165, 1.54) is 11.1 Å². The monoisotopic (exact) mass is 576 g/mol. The molecule has 39 heavy (non-hydrogen) atoms. The molecular weight excluding hydrogens is 528 g/mol. The molecule has 4 atom stereocenters. The molecule has 0 aliphatic carbocycles. The first-order valence-electron chi connectivity index (χ1n) is 15.1. The first-order valence-corrected chi connectivity index (χ1v) is 16.4. The Bertz CT molecular complexity index is 938. The third kappa shape index (κ3) is 10.6. The van der Waals surface area contributed by atoms with E-state index in [0.29, 0.717) is 11.9 Å². The van der Waals surface area contributed by atoms with Gasteiger partial charge >= 0.3 is 0 Å². The highest BCUT2D eigenvalue weighted by Gasteiger charge is 2.41. The van der Waals surface area contributed by atoms with Crippen LogP contribution in [0.15, 0.2) is 42.5 Å². The van der Waals surface area contributed by atoms with Crippen LogP contribution in [0.1, 0.15) is 94.6 Å². The highest BCUT2D eigenvalue weighted by atomic mass is 35.5. The Hall–Kier alpha value is -1.24. The van der Waals surface area contributed by atoms with Gasteiger partial charge in [0.2, 0.25) is 0 Å². The molecule has 0 bridgehead atoms. The molecule has 1 saturated heterocycles. The SMILES string of the molecule is CCCCOC[C@@H]1C[C@H](OCCCC)[C@@H](OCCCC)[C@H](c2ccc(Cl)c(Cc3ccc(OCC)cc3)c2)S1. The van der Waals surface area contributed by atoms with Crippen LogP contribution in [0.4, 0.5) is 0 Å². The van der Waals surface area contributed by atoms with Crippen molar-refractivity contribution in [1.82, 2.24) is 0 Å². The molecule has 0 spiro atoms. The fourth-order valence-corrected chi connectivity index (χ4v) is 6.65. The Morgan fingerprint density at radius 2 is 1.54 bits per heavy atom. The molecule has 2 aromatic rings. The van der Waals surface area contributed by atoms with E-state index in [1.54, 1.807) is 0 Å². The number of benzene rings is 2. The van der Waals surface area contributed by atoms with Crippen LogP contribution < -0.4 is 4.74 Å². The standard InChI is InChI=1S/C33H49ClO4S/c1-5-9-18-35-24-29-23-31(37-19-10-6-2)32(38-20-11-7-3)33(39-29)26-14-17-30(34)27(22-26)21-25-12-15-28(16-13-25)36-8-4/h12-17,22,29,31-33H,5-11,18-21,23-24H2,1-4H3/t29-,31-,32+,33-/m0/s1. The van der Waals surface area contributed by atoms with Crippen LogP contribution in [0.5, 0.6) is 5.75 Å². The van der Waals surface area contributed by atoms with Gasteiger partial charge in [0.15, 0.2) is 0 Å². The molecule has 0 radical (unpaired) electrons. The summed E-state index contributed by atoms with van der Waals surface area (Å²) in [7, 11) is 0. The molecule has 3 rings (SSSR count). The van der Waals surface area contributed by atoms with Crippen molar-refractivity contribution in [3.63, 3.8) is 0 Å². The lowest BCUT2D eigenvalue weighted by Gasteiger charge is -2.41. The molecule has 1 fully saturated rings. The molecule has 1 aliphatic rings. The summed E-state index contributed by atoms with van der Waals surface area (Å²) in [6, 6.07) is 14.8. The highest BCUT2D eigenvalue weighted by Crippen LogP contribution is 2.46. The van der Waals surface area contributed by atoms with Gasteiger partial charge in [-0.1, -0.05) is 75.9 Å². The van der Waals surface area contributed by atoms with Gasteiger partial charge in [0.05, 0.1) is 30.7 Å². The molecule has 0 saturated carbocycles. The van der Waals surface area contributed by atoms with Crippen molar-refractivity contribution < 1.29 is 18.9 Å². The molecule has 4 nitrogen and oxygen atoms in total. The molecule has 1 heterocycles. The van der Waals surface area contributed by atoms with E-state index < -0.39 is 0 Å². The van der Waals surface area contributed by atoms with Gasteiger partial charge < -0.3 is 18.9 Å². The van der Waals surface area contributed by atoms with E-state index in [4.69, 9.17) is 30.5 Å². The van der Waals surface area contributed by atoms with Gasteiger partial charge in [0.25, 0.3) is 0 Å². The largest absolute Gasteiger partial charge is 0.494 e. The van der Waals surface area contributed by atoms with Crippen LogP contribution in [0.25, 0.3) is 0 Å². The van der Waals surface area contributed by atoms with Crippen molar-refractivity contribution in [2.75, 3.05) is 33.0 Å². The van der Waals surface area contributed by atoms with Crippen molar-refractivity contribution in [3.05, 3.63) is 64.2 Å². The predicted molar refractivity (Wildman–Crippen MR) is 166 cm³/mol. The molecule has 1 aliphatic heterocycles. The molecule has 6 heteroatoms. The van der Waals surface area contributed by atoms with Gasteiger partial charge in [-0.15, -0.1) is 11.8 Å². The van der Waals surface area contributed by atoms with Gasteiger partial charge in [0.1, 0.15) is 5.75 Å². The second-order valence-corrected chi connectivity index (χ2v) is 12.3. The van der Waals surface area contributed by atoms with Crippen molar-refractivity contribution >= 4 is 23.4 Å². The molecule has 0 unspecified atom stereocenters. The van der Waals surface area contributed by atoms with E-state index in [1.807, 2.05) is 30.8 Å². The summed E-state index contributed by atoms with van der Waals surface area (Å²) in [4.78, 5) is 0. The summed E-state index contributed by atoms with van der Waals surface area (Å²) in [6.07, 6.45) is 8.43. The summed E-state index contributed by atoms with van der Waals surface area (Å²) < 4.78 is 24.9. The summed E-state index contributed by atoms with van der Waals surface area (Å²) in [6.45, 7) is 12.4. The van der Waals surface area contributed by atoms with Crippen LogP contribution in [0.3, 0.4) is 0 Å². The van der Waals surface area contributed by atoms with Crippen LogP contribution in [-0.4, -0.2) is 50.5 Å². The molecule has 0 aromatic heterocycles. The molecular formula is C33H49ClO4S. The first-order chi connectivity index (χ1) is 19.1. The third-order valence-electron chi connectivity index (χ3n) is 7.11. The fourth-order valence-electron chi connectivity index (χ4n) is 4.86. The van der Waals surface area contributed by atoms with Gasteiger partial charge in [-0.05, 0) is 73.9 Å². The number of rotatable bonds is 18. The van der Waals surface area contributed by atoms with Gasteiger partial charge in [-0.3, -0.25) is 0 Å². The second-order valence-electron chi connectivity index (χ2n) is 10.4. The normalized spacial score (nSPS) is 21.3. The number of hydrogen-bond acceptors (Lipinski definition) is 5. The summed E-state index contributed by atoms with van der Waals surface area (Å²) in [5.41, 5.74) is 3.61. The summed E-state index contributed by atoms with van der Waals surface area (Å²) in [5.74, 6) is 0.896. The van der Waals surface area contributed by atoms with Crippen molar-refractivity contribution in [2.45, 2.75) is 102 Å². The Morgan fingerprint density at radius 1 is 0.846 bits per heavy atom. The van der Waals surface area contributed by atoms with Gasteiger partial charge in [0, 0.05) is 30.1 Å². The Kier molecular flexibility index (Phi) is 15.1. The van der Waals surface area contributed by atoms with Crippen LogP contribution in [0.2, 0.25) is 5.02 Å². The lowest BCUT2D eigenvalue weighted by Crippen LogP contribution is -2.44. The van der Waals surface area contributed by atoms with E-state index in [2.05, 4.69) is 51.1 Å². The maximum Gasteiger partial charge on any atom is 0.119 e. The summed E-state index contributed by atoms with van der Waals surface area (Å²) >= 11 is 8.73. The molecule has 0 amide bonds. The van der Waals surface area contributed by atoms with Crippen LogP contribution in [0, 0.1) is 0 Å². The lowest BCUT2D eigenvalue weighted by atomic mass is 9.95. The molecule has 218 valence electrons. The maximum absolute atomic E-state index is 6.74. The topological polar surface area (TPSA) is 36.9 Å². The third-order valence-corrected chi connectivity index (χ3v) is 9.03. The van der Waals surface area contributed by atoms with E-state index in [9.17, 15) is 0 Å². The zero-order chi connectivity index (χ0) is 27.9. The van der Waals surface area contributed by atoms with E-state index in [0.717, 1.165) is 94.1 Å².